The highest BCUT2D eigenvalue weighted by Crippen LogP contribution is 2.34. The smallest absolute Gasteiger partial charge is 0.221 e. The van der Waals surface area contributed by atoms with Gasteiger partial charge in [0.25, 0.3) is 0 Å². The Bertz CT molecular complexity index is 979. The van der Waals surface area contributed by atoms with Gasteiger partial charge >= 0.3 is 0 Å². The molecule has 1 amide bonds. The van der Waals surface area contributed by atoms with Crippen molar-refractivity contribution in [1.29, 1.82) is 0 Å². The highest BCUT2D eigenvalue weighted by atomic mass is 16.5. The number of morpholine rings is 1. The third-order valence-corrected chi connectivity index (χ3v) is 5.17. The molecule has 0 saturated carbocycles. The standard InChI is InChI=1S/C24H26N2O3/c1-18(27)25-20-8-6-19(7-9-20)21-10-11-24(23-5-3-2-4-22(21)23)29-17-14-26-12-15-28-16-13-26/h2-11H,12-17H2,1H3,(H,25,27). The lowest BCUT2D eigenvalue weighted by Gasteiger charge is -2.26. The van der Waals surface area contributed by atoms with Crippen LogP contribution in [0.3, 0.4) is 0 Å². The molecule has 150 valence electrons. The van der Waals surface area contributed by atoms with Gasteiger partial charge in [-0.25, -0.2) is 0 Å². The van der Waals surface area contributed by atoms with E-state index in [1.54, 1.807) is 0 Å². The van der Waals surface area contributed by atoms with Gasteiger partial charge in [-0.3, -0.25) is 9.69 Å². The largest absolute Gasteiger partial charge is 0.492 e. The first-order valence-corrected chi connectivity index (χ1v) is 10.0. The molecule has 1 saturated heterocycles. The molecule has 1 N–H and O–H groups in total. The Balaban J connectivity index is 1.54. The summed E-state index contributed by atoms with van der Waals surface area (Å²) in [4.78, 5) is 13.6. The molecule has 0 aliphatic carbocycles. The molecule has 1 aliphatic rings. The zero-order valence-corrected chi connectivity index (χ0v) is 16.7. The zero-order chi connectivity index (χ0) is 20.1. The summed E-state index contributed by atoms with van der Waals surface area (Å²) in [6.45, 7) is 6.63. The zero-order valence-electron chi connectivity index (χ0n) is 16.7. The molecule has 1 fully saturated rings. The number of rotatable bonds is 6. The molecule has 0 aromatic heterocycles. The summed E-state index contributed by atoms with van der Waals surface area (Å²) in [6, 6.07) is 20.4. The number of hydrogen-bond donors (Lipinski definition) is 1. The number of fused-ring (bicyclic) bond motifs is 1. The molecule has 1 heterocycles. The summed E-state index contributed by atoms with van der Waals surface area (Å²) in [5, 5.41) is 5.07. The molecule has 0 spiro atoms. The maximum absolute atomic E-state index is 11.2. The number of nitrogens with one attached hydrogen (secondary N) is 1. The van der Waals surface area contributed by atoms with E-state index in [0.29, 0.717) is 6.61 Å². The highest BCUT2D eigenvalue weighted by molar-refractivity contribution is 6.00. The Morgan fingerprint density at radius 1 is 1.00 bits per heavy atom. The summed E-state index contributed by atoms with van der Waals surface area (Å²) < 4.78 is 11.5. The number of benzene rings is 3. The van der Waals surface area contributed by atoms with Crippen LogP contribution in [0.5, 0.6) is 5.75 Å². The molecule has 0 bridgehead atoms. The summed E-state index contributed by atoms with van der Waals surface area (Å²) in [5.41, 5.74) is 3.05. The number of carbonyl (C=O) groups is 1. The van der Waals surface area contributed by atoms with Crippen LogP contribution in [0.25, 0.3) is 21.9 Å². The van der Waals surface area contributed by atoms with Crippen molar-refractivity contribution in [2.45, 2.75) is 6.92 Å². The Labute approximate surface area is 171 Å². The fourth-order valence-corrected chi connectivity index (χ4v) is 3.69. The van der Waals surface area contributed by atoms with Crippen LogP contribution in [0.4, 0.5) is 5.69 Å². The third kappa shape index (κ3) is 4.75. The summed E-state index contributed by atoms with van der Waals surface area (Å²) in [6.07, 6.45) is 0. The van der Waals surface area contributed by atoms with Crippen LogP contribution in [-0.2, 0) is 9.53 Å². The number of nitrogens with zero attached hydrogens (tertiary/aromatic N) is 1. The number of ether oxygens (including phenoxy) is 2. The first-order chi connectivity index (χ1) is 14.2. The maximum atomic E-state index is 11.2. The number of amides is 1. The summed E-state index contributed by atoms with van der Waals surface area (Å²) in [5.74, 6) is 0.842. The van der Waals surface area contributed by atoms with Gasteiger partial charge in [-0.1, -0.05) is 42.5 Å². The van der Waals surface area contributed by atoms with E-state index in [4.69, 9.17) is 9.47 Å². The average molecular weight is 390 g/mol. The predicted octanol–water partition coefficient (Wildman–Crippen LogP) is 4.18. The normalized spacial score (nSPS) is 14.7. The first-order valence-electron chi connectivity index (χ1n) is 10.0. The van der Waals surface area contributed by atoms with Crippen LogP contribution in [-0.4, -0.2) is 50.3 Å². The van der Waals surface area contributed by atoms with Crippen molar-refractivity contribution in [3.8, 4) is 16.9 Å². The SMILES string of the molecule is CC(=O)Nc1ccc(-c2ccc(OCCN3CCOCC3)c3ccccc23)cc1. The Morgan fingerprint density at radius 3 is 2.45 bits per heavy atom. The van der Waals surface area contributed by atoms with E-state index in [0.717, 1.165) is 66.2 Å². The average Bonchev–Trinajstić information content (AvgIpc) is 2.75. The fourth-order valence-electron chi connectivity index (χ4n) is 3.69. The van der Waals surface area contributed by atoms with E-state index >= 15 is 0 Å². The Morgan fingerprint density at radius 2 is 1.72 bits per heavy atom. The minimum Gasteiger partial charge on any atom is -0.492 e. The van der Waals surface area contributed by atoms with Crippen molar-refractivity contribution in [3.05, 3.63) is 60.7 Å². The minimum atomic E-state index is -0.0678. The Kier molecular flexibility index (Phi) is 6.08. The van der Waals surface area contributed by atoms with Gasteiger partial charge in [0.05, 0.1) is 13.2 Å². The lowest BCUT2D eigenvalue weighted by Crippen LogP contribution is -2.38. The fraction of sp³-hybridized carbons (Fsp3) is 0.292. The molecule has 1 aliphatic heterocycles. The van der Waals surface area contributed by atoms with Crippen molar-refractivity contribution >= 4 is 22.4 Å². The van der Waals surface area contributed by atoms with E-state index in [1.165, 1.54) is 6.92 Å². The molecule has 3 aromatic rings. The van der Waals surface area contributed by atoms with Crippen molar-refractivity contribution in [1.82, 2.24) is 4.90 Å². The number of hydrogen-bond acceptors (Lipinski definition) is 4. The highest BCUT2D eigenvalue weighted by Gasteiger charge is 2.12. The quantitative estimate of drug-likeness (QED) is 0.686. The lowest BCUT2D eigenvalue weighted by atomic mass is 9.97. The lowest BCUT2D eigenvalue weighted by molar-refractivity contribution is -0.114. The molecule has 3 aromatic carbocycles. The van der Waals surface area contributed by atoms with Gasteiger partial charge in [-0.2, -0.15) is 0 Å². The van der Waals surface area contributed by atoms with Crippen LogP contribution in [0.15, 0.2) is 60.7 Å². The second-order valence-corrected chi connectivity index (χ2v) is 7.22. The van der Waals surface area contributed by atoms with Crippen molar-refractivity contribution in [2.75, 3.05) is 44.8 Å². The summed E-state index contributed by atoms with van der Waals surface area (Å²) in [7, 11) is 0. The second kappa shape index (κ2) is 9.07. The monoisotopic (exact) mass is 390 g/mol. The second-order valence-electron chi connectivity index (χ2n) is 7.22. The van der Waals surface area contributed by atoms with Crippen LogP contribution in [0.2, 0.25) is 0 Å². The molecule has 4 rings (SSSR count). The van der Waals surface area contributed by atoms with Crippen LogP contribution >= 0.6 is 0 Å². The van der Waals surface area contributed by atoms with Gasteiger partial charge in [-0.15, -0.1) is 0 Å². The topological polar surface area (TPSA) is 50.8 Å². The van der Waals surface area contributed by atoms with Gasteiger partial charge < -0.3 is 14.8 Å². The molecule has 5 nitrogen and oxygen atoms in total. The van der Waals surface area contributed by atoms with Gasteiger partial charge in [0.1, 0.15) is 12.4 Å². The number of carbonyl (C=O) groups excluding carboxylic acids is 1. The van der Waals surface area contributed by atoms with Crippen LogP contribution in [0.1, 0.15) is 6.92 Å². The molecule has 0 unspecified atom stereocenters. The van der Waals surface area contributed by atoms with Crippen LogP contribution < -0.4 is 10.1 Å². The minimum absolute atomic E-state index is 0.0678. The predicted molar refractivity (Wildman–Crippen MR) is 116 cm³/mol. The molecule has 0 radical (unpaired) electrons. The van der Waals surface area contributed by atoms with E-state index in [9.17, 15) is 4.79 Å². The van der Waals surface area contributed by atoms with Gasteiger partial charge in [0.2, 0.25) is 5.91 Å². The van der Waals surface area contributed by atoms with Gasteiger partial charge in [0, 0.05) is 37.6 Å². The van der Waals surface area contributed by atoms with Gasteiger partial charge in [0.15, 0.2) is 0 Å². The van der Waals surface area contributed by atoms with E-state index in [2.05, 4.69) is 40.5 Å². The van der Waals surface area contributed by atoms with Gasteiger partial charge in [-0.05, 0) is 34.7 Å². The Hall–Kier alpha value is -2.89. The molecule has 0 atom stereocenters. The molecule has 5 heteroatoms. The molecule has 29 heavy (non-hydrogen) atoms. The van der Waals surface area contributed by atoms with E-state index in [-0.39, 0.29) is 5.91 Å². The van der Waals surface area contributed by atoms with E-state index in [1.807, 2.05) is 30.3 Å². The number of anilines is 1. The van der Waals surface area contributed by atoms with Crippen molar-refractivity contribution in [2.24, 2.45) is 0 Å². The molecular formula is C24H26N2O3. The molecular weight excluding hydrogens is 364 g/mol. The third-order valence-electron chi connectivity index (χ3n) is 5.17. The maximum Gasteiger partial charge on any atom is 0.221 e. The van der Waals surface area contributed by atoms with E-state index < -0.39 is 0 Å². The van der Waals surface area contributed by atoms with Crippen molar-refractivity contribution in [3.63, 3.8) is 0 Å². The summed E-state index contributed by atoms with van der Waals surface area (Å²) >= 11 is 0. The first kappa shape index (κ1) is 19.4. The van der Waals surface area contributed by atoms with Crippen LogP contribution in [0, 0.1) is 0 Å². The van der Waals surface area contributed by atoms with Crippen molar-refractivity contribution < 1.29 is 14.3 Å².